The van der Waals surface area contributed by atoms with Crippen molar-refractivity contribution in [2.24, 2.45) is 10.2 Å². The summed E-state index contributed by atoms with van der Waals surface area (Å²) >= 11 is 1.38. The van der Waals surface area contributed by atoms with Crippen LogP contribution in [0.5, 0.6) is 5.75 Å². The van der Waals surface area contributed by atoms with Crippen molar-refractivity contribution in [3.63, 3.8) is 0 Å². The number of ether oxygens (including phenoxy) is 1. The zero-order valence-corrected chi connectivity index (χ0v) is 18.2. The zero-order valence-electron chi connectivity index (χ0n) is 17.4. The summed E-state index contributed by atoms with van der Waals surface area (Å²) in [6.07, 6.45) is 2.15. The Morgan fingerprint density at radius 3 is 2.61 bits per heavy atom. The highest BCUT2D eigenvalue weighted by molar-refractivity contribution is 8.15. The predicted octanol–water partition coefficient (Wildman–Crippen LogP) is 4.82. The van der Waals surface area contributed by atoms with E-state index in [-0.39, 0.29) is 11.2 Å². The summed E-state index contributed by atoms with van der Waals surface area (Å²) in [5.41, 5.74) is 3.28. The number of hydrogen-bond acceptors (Lipinski definition) is 6. The number of carbonyl (C=O) groups excluding carboxylic acids is 1. The van der Waals surface area contributed by atoms with E-state index in [9.17, 15) is 4.79 Å². The Bertz CT molecular complexity index is 1100. The SMILES string of the molecule is CCOc1ccc(CC2SC(=NN=Cc3ccc(-c4ccc(C)cc4)o3)NC2=O)cc1. The summed E-state index contributed by atoms with van der Waals surface area (Å²) in [6.45, 7) is 4.63. The third-order valence-electron chi connectivity index (χ3n) is 4.73. The number of benzene rings is 2. The summed E-state index contributed by atoms with van der Waals surface area (Å²) in [5.74, 6) is 2.13. The van der Waals surface area contributed by atoms with Crippen molar-refractivity contribution in [2.45, 2.75) is 25.5 Å². The van der Waals surface area contributed by atoms with Gasteiger partial charge in [-0.05, 0) is 50.1 Å². The second-order valence-corrected chi connectivity index (χ2v) is 8.29. The molecule has 6 nitrogen and oxygen atoms in total. The van der Waals surface area contributed by atoms with Crippen LogP contribution in [0.25, 0.3) is 11.3 Å². The van der Waals surface area contributed by atoms with Gasteiger partial charge < -0.3 is 14.5 Å². The number of nitrogens with one attached hydrogen (secondary N) is 1. The molecule has 4 rings (SSSR count). The first kappa shape index (κ1) is 20.9. The highest BCUT2D eigenvalue weighted by Gasteiger charge is 2.30. The standard InChI is InChI=1S/C24H23N3O3S/c1-3-29-19-10-6-17(7-11-19)14-22-23(28)26-24(31-22)27-25-15-20-12-13-21(30-20)18-8-4-16(2)5-9-18/h4-13,15,22H,3,14H2,1-2H3,(H,26,27,28). The molecular weight excluding hydrogens is 410 g/mol. The first-order valence-electron chi connectivity index (χ1n) is 10.1. The van der Waals surface area contributed by atoms with Gasteiger partial charge in [-0.25, -0.2) is 0 Å². The van der Waals surface area contributed by atoms with E-state index in [1.165, 1.54) is 23.5 Å². The molecule has 7 heteroatoms. The number of amides is 1. The molecule has 1 atom stereocenters. The van der Waals surface area contributed by atoms with Gasteiger partial charge in [0.2, 0.25) is 5.91 Å². The highest BCUT2D eigenvalue weighted by Crippen LogP contribution is 2.25. The maximum Gasteiger partial charge on any atom is 0.239 e. The largest absolute Gasteiger partial charge is 0.494 e. The van der Waals surface area contributed by atoms with Crippen LogP contribution in [0.3, 0.4) is 0 Å². The highest BCUT2D eigenvalue weighted by atomic mass is 32.2. The van der Waals surface area contributed by atoms with Crippen molar-refractivity contribution < 1.29 is 13.9 Å². The normalized spacial score (nSPS) is 17.4. The minimum absolute atomic E-state index is 0.0625. The summed E-state index contributed by atoms with van der Waals surface area (Å²) < 4.78 is 11.3. The third kappa shape index (κ3) is 5.44. The fraction of sp³-hybridized carbons (Fsp3) is 0.208. The molecule has 31 heavy (non-hydrogen) atoms. The molecule has 2 aromatic carbocycles. The topological polar surface area (TPSA) is 76.2 Å². The number of amidine groups is 1. The molecule has 1 aliphatic heterocycles. The van der Waals surface area contributed by atoms with E-state index in [0.717, 1.165) is 22.6 Å². The lowest BCUT2D eigenvalue weighted by Gasteiger charge is -2.07. The fourth-order valence-corrected chi connectivity index (χ4v) is 4.09. The number of carbonyl (C=O) groups is 1. The van der Waals surface area contributed by atoms with Crippen molar-refractivity contribution >= 4 is 29.1 Å². The maximum atomic E-state index is 12.3. The van der Waals surface area contributed by atoms with Crippen molar-refractivity contribution in [3.05, 3.63) is 77.6 Å². The Hall–Kier alpha value is -3.32. The monoisotopic (exact) mass is 433 g/mol. The van der Waals surface area contributed by atoms with E-state index in [1.807, 2.05) is 74.5 Å². The van der Waals surface area contributed by atoms with Crippen LogP contribution in [-0.4, -0.2) is 29.1 Å². The van der Waals surface area contributed by atoms with Crippen LogP contribution >= 0.6 is 11.8 Å². The molecule has 1 N–H and O–H groups in total. The third-order valence-corrected chi connectivity index (χ3v) is 5.80. The quantitative estimate of drug-likeness (QED) is 0.428. The van der Waals surface area contributed by atoms with Crippen molar-refractivity contribution in [1.29, 1.82) is 0 Å². The van der Waals surface area contributed by atoms with Gasteiger partial charge in [0.05, 0.1) is 18.1 Å². The first-order chi connectivity index (χ1) is 15.1. The van der Waals surface area contributed by atoms with Gasteiger partial charge in [0.15, 0.2) is 5.17 Å². The molecule has 3 aromatic rings. The molecule has 0 radical (unpaired) electrons. The maximum absolute atomic E-state index is 12.3. The van der Waals surface area contributed by atoms with Crippen LogP contribution in [0.15, 0.2) is 75.3 Å². The fourth-order valence-electron chi connectivity index (χ4n) is 3.12. The molecule has 0 spiro atoms. The van der Waals surface area contributed by atoms with Crippen molar-refractivity contribution in [3.8, 4) is 17.1 Å². The van der Waals surface area contributed by atoms with Crippen LogP contribution in [0, 0.1) is 6.92 Å². The lowest BCUT2D eigenvalue weighted by atomic mass is 10.1. The van der Waals surface area contributed by atoms with Gasteiger partial charge in [-0.1, -0.05) is 53.7 Å². The molecule has 158 valence electrons. The molecule has 1 unspecified atom stereocenters. The Balaban J connectivity index is 1.35. The summed E-state index contributed by atoms with van der Waals surface area (Å²) in [4.78, 5) is 12.3. The van der Waals surface area contributed by atoms with E-state index in [1.54, 1.807) is 0 Å². The predicted molar refractivity (Wildman–Crippen MR) is 125 cm³/mol. The van der Waals surface area contributed by atoms with Gasteiger partial charge in [-0.3, -0.25) is 4.79 Å². The minimum atomic E-state index is -0.233. The minimum Gasteiger partial charge on any atom is -0.494 e. The molecule has 1 fully saturated rings. The Kier molecular flexibility index (Phi) is 6.52. The van der Waals surface area contributed by atoms with Gasteiger partial charge in [-0.2, -0.15) is 5.10 Å². The van der Waals surface area contributed by atoms with E-state index in [0.29, 0.717) is 24.0 Å². The Labute approximate surface area is 185 Å². The second-order valence-electron chi connectivity index (χ2n) is 7.09. The van der Waals surface area contributed by atoms with Gasteiger partial charge in [-0.15, -0.1) is 5.10 Å². The molecule has 1 saturated heterocycles. The molecule has 1 amide bonds. The molecular formula is C24H23N3O3S. The van der Waals surface area contributed by atoms with Crippen LogP contribution < -0.4 is 10.1 Å². The number of hydrogen-bond donors (Lipinski definition) is 1. The second kappa shape index (κ2) is 9.66. The molecule has 0 bridgehead atoms. The van der Waals surface area contributed by atoms with Gasteiger partial charge >= 0.3 is 0 Å². The summed E-state index contributed by atoms with van der Waals surface area (Å²) in [7, 11) is 0. The van der Waals surface area contributed by atoms with E-state index >= 15 is 0 Å². The molecule has 2 heterocycles. The Morgan fingerprint density at radius 1 is 1.10 bits per heavy atom. The average Bonchev–Trinajstić information content (AvgIpc) is 3.37. The number of aryl methyl sites for hydroxylation is 1. The zero-order chi connectivity index (χ0) is 21.6. The van der Waals surface area contributed by atoms with E-state index in [2.05, 4.69) is 15.5 Å². The average molecular weight is 434 g/mol. The smallest absolute Gasteiger partial charge is 0.239 e. The van der Waals surface area contributed by atoms with Gasteiger partial charge in [0.25, 0.3) is 0 Å². The molecule has 1 aromatic heterocycles. The van der Waals surface area contributed by atoms with Gasteiger partial charge in [0.1, 0.15) is 17.3 Å². The number of furan rings is 1. The van der Waals surface area contributed by atoms with E-state index in [4.69, 9.17) is 9.15 Å². The van der Waals surface area contributed by atoms with Crippen molar-refractivity contribution in [1.82, 2.24) is 5.32 Å². The summed E-state index contributed by atoms with van der Waals surface area (Å²) in [6, 6.07) is 19.7. The number of thioether (sulfide) groups is 1. The Morgan fingerprint density at radius 2 is 1.87 bits per heavy atom. The van der Waals surface area contributed by atoms with Crippen LogP contribution in [-0.2, 0) is 11.2 Å². The van der Waals surface area contributed by atoms with Gasteiger partial charge in [0, 0.05) is 5.56 Å². The van der Waals surface area contributed by atoms with Crippen molar-refractivity contribution in [2.75, 3.05) is 6.61 Å². The van der Waals surface area contributed by atoms with Crippen LogP contribution in [0.1, 0.15) is 23.8 Å². The van der Waals surface area contributed by atoms with E-state index < -0.39 is 0 Å². The molecule has 0 saturated carbocycles. The lowest BCUT2D eigenvalue weighted by molar-refractivity contribution is -0.118. The summed E-state index contributed by atoms with van der Waals surface area (Å²) in [5, 5.41) is 11.2. The van der Waals surface area contributed by atoms with Crippen LogP contribution in [0.2, 0.25) is 0 Å². The lowest BCUT2D eigenvalue weighted by Crippen LogP contribution is -2.25. The number of nitrogens with zero attached hydrogens (tertiary/aromatic N) is 2. The molecule has 0 aliphatic carbocycles. The van der Waals surface area contributed by atoms with Crippen LogP contribution in [0.4, 0.5) is 0 Å². The number of rotatable bonds is 7. The first-order valence-corrected chi connectivity index (χ1v) is 11.0. The molecule has 1 aliphatic rings.